The lowest BCUT2D eigenvalue weighted by Gasteiger charge is -2.29. The highest BCUT2D eigenvalue weighted by Gasteiger charge is 2.31. The average molecular weight is 224 g/mol. The molecule has 0 radical (unpaired) electrons. The minimum Gasteiger partial charge on any atom is -0.299 e. The zero-order valence-electron chi connectivity index (χ0n) is 10.6. The molecule has 2 aliphatic heterocycles. The summed E-state index contributed by atoms with van der Waals surface area (Å²) in [6.45, 7) is 8.75. The summed E-state index contributed by atoms with van der Waals surface area (Å²) in [5.74, 6) is 0.395. The van der Waals surface area contributed by atoms with E-state index >= 15 is 0 Å². The maximum atomic E-state index is 11.8. The molecule has 0 aromatic heterocycles. The zero-order valence-corrected chi connectivity index (χ0v) is 10.6. The summed E-state index contributed by atoms with van der Waals surface area (Å²) >= 11 is 0. The Balaban J connectivity index is 1.97. The van der Waals surface area contributed by atoms with Gasteiger partial charge in [-0.2, -0.15) is 0 Å². The van der Waals surface area contributed by atoms with E-state index in [-0.39, 0.29) is 6.04 Å². The first-order valence-corrected chi connectivity index (χ1v) is 6.73. The number of carbonyl (C=O) groups is 1. The molecule has 0 saturated carbocycles. The molecule has 3 heteroatoms. The molecule has 2 atom stereocenters. The van der Waals surface area contributed by atoms with Gasteiger partial charge in [-0.3, -0.25) is 14.6 Å². The molecule has 2 fully saturated rings. The van der Waals surface area contributed by atoms with Crippen molar-refractivity contribution in [3.05, 3.63) is 0 Å². The third-order valence-electron chi connectivity index (χ3n) is 4.20. The van der Waals surface area contributed by atoms with Crippen molar-refractivity contribution in [3.63, 3.8) is 0 Å². The van der Waals surface area contributed by atoms with Gasteiger partial charge in [-0.15, -0.1) is 0 Å². The van der Waals surface area contributed by atoms with Gasteiger partial charge in [-0.05, 0) is 39.3 Å². The van der Waals surface area contributed by atoms with Crippen molar-refractivity contribution in [3.8, 4) is 0 Å². The van der Waals surface area contributed by atoms with E-state index in [2.05, 4.69) is 16.7 Å². The fourth-order valence-corrected chi connectivity index (χ4v) is 3.09. The van der Waals surface area contributed by atoms with Gasteiger partial charge in [0.05, 0.1) is 6.04 Å². The molecule has 2 rings (SSSR count). The van der Waals surface area contributed by atoms with Crippen molar-refractivity contribution >= 4 is 5.78 Å². The maximum absolute atomic E-state index is 11.8. The summed E-state index contributed by atoms with van der Waals surface area (Å²) < 4.78 is 0. The van der Waals surface area contributed by atoms with Crippen LogP contribution in [-0.2, 0) is 4.79 Å². The van der Waals surface area contributed by atoms with E-state index < -0.39 is 0 Å². The van der Waals surface area contributed by atoms with E-state index in [4.69, 9.17) is 0 Å². The Morgan fingerprint density at radius 3 is 2.81 bits per heavy atom. The van der Waals surface area contributed by atoms with Gasteiger partial charge < -0.3 is 0 Å². The zero-order chi connectivity index (χ0) is 11.5. The van der Waals surface area contributed by atoms with Crippen LogP contribution >= 0.6 is 0 Å². The molecule has 2 heterocycles. The van der Waals surface area contributed by atoms with Crippen LogP contribution in [0.3, 0.4) is 0 Å². The van der Waals surface area contributed by atoms with Crippen LogP contribution in [0.5, 0.6) is 0 Å². The van der Waals surface area contributed by atoms with Gasteiger partial charge in [0.2, 0.25) is 0 Å². The van der Waals surface area contributed by atoms with Crippen LogP contribution in [0.4, 0.5) is 0 Å². The first-order chi connectivity index (χ1) is 7.72. The van der Waals surface area contributed by atoms with Gasteiger partial charge in [0.15, 0.2) is 0 Å². The second kappa shape index (κ2) is 5.28. The van der Waals surface area contributed by atoms with E-state index in [9.17, 15) is 4.79 Å². The summed E-state index contributed by atoms with van der Waals surface area (Å²) in [5.41, 5.74) is 0. The Bertz CT molecular complexity index is 254. The van der Waals surface area contributed by atoms with Crippen molar-refractivity contribution in [2.75, 3.05) is 26.2 Å². The van der Waals surface area contributed by atoms with Crippen molar-refractivity contribution in [1.82, 2.24) is 9.80 Å². The molecule has 0 amide bonds. The smallest absolute Gasteiger partial charge is 0.149 e. The van der Waals surface area contributed by atoms with Crippen molar-refractivity contribution in [2.45, 2.75) is 51.6 Å². The molecule has 16 heavy (non-hydrogen) atoms. The molecule has 0 spiro atoms. The lowest BCUT2D eigenvalue weighted by atomic mass is 10.1. The van der Waals surface area contributed by atoms with Crippen molar-refractivity contribution in [2.24, 2.45) is 0 Å². The van der Waals surface area contributed by atoms with Gasteiger partial charge in [0.25, 0.3) is 0 Å². The number of ketones is 1. The monoisotopic (exact) mass is 224 g/mol. The molecule has 92 valence electrons. The predicted octanol–water partition coefficient (Wildman–Crippen LogP) is 1.52. The molecule has 0 N–H and O–H groups in total. The topological polar surface area (TPSA) is 23.6 Å². The average Bonchev–Trinajstić information content (AvgIpc) is 2.64. The molecule has 0 aromatic carbocycles. The van der Waals surface area contributed by atoms with Crippen molar-refractivity contribution in [1.29, 1.82) is 0 Å². The van der Waals surface area contributed by atoms with Crippen LogP contribution in [0, 0.1) is 0 Å². The Hall–Kier alpha value is -0.410. The quantitative estimate of drug-likeness (QED) is 0.726. The first kappa shape index (κ1) is 12.1. The van der Waals surface area contributed by atoms with Gasteiger partial charge in [-0.1, -0.05) is 6.92 Å². The van der Waals surface area contributed by atoms with E-state index in [1.54, 1.807) is 0 Å². The highest BCUT2D eigenvalue weighted by Crippen LogP contribution is 2.22. The molecular weight excluding hydrogens is 200 g/mol. The minimum absolute atomic E-state index is 0.130. The predicted molar refractivity (Wildman–Crippen MR) is 65.5 cm³/mol. The van der Waals surface area contributed by atoms with Crippen LogP contribution in [0.15, 0.2) is 0 Å². The lowest BCUT2D eigenvalue weighted by Crippen LogP contribution is -2.44. The molecule has 0 aromatic rings. The number of fused-ring (bicyclic) bond motifs is 1. The second-order valence-electron chi connectivity index (χ2n) is 5.18. The third kappa shape index (κ3) is 2.46. The van der Waals surface area contributed by atoms with E-state index in [1.165, 1.54) is 32.4 Å². The lowest BCUT2D eigenvalue weighted by molar-refractivity contribution is -0.123. The number of hydrogen-bond acceptors (Lipinski definition) is 3. The first-order valence-electron chi connectivity index (χ1n) is 6.73. The molecular formula is C13H24N2O. The van der Waals surface area contributed by atoms with Gasteiger partial charge >= 0.3 is 0 Å². The van der Waals surface area contributed by atoms with Crippen LogP contribution < -0.4 is 0 Å². The number of Topliss-reactive ketones (excluding diaryl/α,β-unsaturated/α-hetero) is 1. The van der Waals surface area contributed by atoms with Gasteiger partial charge in [0.1, 0.15) is 5.78 Å². The Labute approximate surface area is 98.8 Å². The number of carbonyl (C=O) groups excluding carboxylic acids is 1. The summed E-state index contributed by atoms with van der Waals surface area (Å²) in [6.07, 6.45) is 4.56. The van der Waals surface area contributed by atoms with Crippen LogP contribution in [0.1, 0.15) is 39.5 Å². The summed E-state index contributed by atoms with van der Waals surface area (Å²) in [5, 5.41) is 0. The Morgan fingerprint density at radius 1 is 1.31 bits per heavy atom. The van der Waals surface area contributed by atoms with Gasteiger partial charge in [-0.25, -0.2) is 0 Å². The molecule has 2 saturated heterocycles. The van der Waals surface area contributed by atoms with E-state index in [0.29, 0.717) is 12.2 Å². The summed E-state index contributed by atoms with van der Waals surface area (Å²) in [4.78, 5) is 16.8. The van der Waals surface area contributed by atoms with Crippen molar-refractivity contribution < 1.29 is 4.79 Å². The second-order valence-corrected chi connectivity index (χ2v) is 5.18. The van der Waals surface area contributed by atoms with Gasteiger partial charge in [0, 0.05) is 25.6 Å². The normalized spacial score (nSPS) is 29.8. The fraction of sp³-hybridized carbons (Fsp3) is 0.923. The Morgan fingerprint density at radius 2 is 2.06 bits per heavy atom. The van der Waals surface area contributed by atoms with Crippen LogP contribution in [-0.4, -0.2) is 53.8 Å². The van der Waals surface area contributed by atoms with Crippen LogP contribution in [0.2, 0.25) is 0 Å². The Kier molecular flexibility index (Phi) is 3.98. The fourth-order valence-electron chi connectivity index (χ4n) is 3.09. The molecule has 3 nitrogen and oxygen atoms in total. The molecule has 0 bridgehead atoms. The highest BCUT2D eigenvalue weighted by atomic mass is 16.1. The summed E-state index contributed by atoms with van der Waals surface area (Å²) in [7, 11) is 0. The van der Waals surface area contributed by atoms with E-state index in [1.807, 2.05) is 6.92 Å². The molecule has 2 aliphatic rings. The molecule has 0 aliphatic carbocycles. The standard InChI is InChI=1S/C13H24N2O/c1-3-13(16)11(2)15-9-5-8-14-7-4-6-12(14)10-15/h11-12H,3-10H2,1-2H3. The maximum Gasteiger partial charge on any atom is 0.149 e. The highest BCUT2D eigenvalue weighted by molar-refractivity contribution is 5.83. The summed E-state index contributed by atoms with van der Waals surface area (Å²) in [6, 6.07) is 0.847. The minimum atomic E-state index is 0.130. The third-order valence-corrected chi connectivity index (χ3v) is 4.20. The number of rotatable bonds is 3. The largest absolute Gasteiger partial charge is 0.299 e. The SMILES string of the molecule is CCC(=O)C(C)N1CCCN2CCCC2C1. The van der Waals surface area contributed by atoms with E-state index in [0.717, 1.165) is 19.1 Å². The number of hydrogen-bond donors (Lipinski definition) is 0. The number of nitrogens with zero attached hydrogens (tertiary/aromatic N) is 2. The molecule has 2 unspecified atom stereocenters. The van der Waals surface area contributed by atoms with Crippen LogP contribution in [0.25, 0.3) is 0 Å².